The van der Waals surface area contributed by atoms with Gasteiger partial charge in [0.05, 0.1) is 17.8 Å². The van der Waals surface area contributed by atoms with Gasteiger partial charge in [-0.05, 0) is 52.8 Å². The number of anilines is 1. The number of likely N-dealkylation sites (N-methyl/N-ethyl adjacent to an activating group) is 1. The van der Waals surface area contributed by atoms with Gasteiger partial charge in [0.1, 0.15) is 12.1 Å². The monoisotopic (exact) mass is 766 g/mol. The minimum atomic E-state index is -1.05. The quantitative estimate of drug-likeness (QED) is 0.155. The molecule has 2 saturated carbocycles. The second-order valence-corrected chi connectivity index (χ2v) is 19.3. The molecule has 0 spiro atoms. The number of hydrogen-bond acceptors (Lipinski definition) is 8. The zero-order valence-corrected chi connectivity index (χ0v) is 35.1. The van der Waals surface area contributed by atoms with Gasteiger partial charge in [0, 0.05) is 32.2 Å². The molecule has 1 aromatic rings. The van der Waals surface area contributed by atoms with Crippen molar-refractivity contribution in [2.75, 3.05) is 31.6 Å². The average molecular weight is 767 g/mol. The van der Waals surface area contributed by atoms with Gasteiger partial charge in [-0.2, -0.15) is 0 Å². The van der Waals surface area contributed by atoms with Gasteiger partial charge in [-0.15, -0.1) is 6.58 Å². The Kier molecular flexibility index (Phi) is 12.9. The van der Waals surface area contributed by atoms with Crippen molar-refractivity contribution in [3.05, 3.63) is 38.7 Å². The van der Waals surface area contributed by atoms with Crippen molar-refractivity contribution in [2.24, 2.45) is 28.1 Å². The summed E-state index contributed by atoms with van der Waals surface area (Å²) in [6.07, 6.45) is 6.52. The summed E-state index contributed by atoms with van der Waals surface area (Å²) in [4.78, 5) is 97.6. The fraction of sp³-hybridized carbons (Fsp3) is 0.738. The number of ketones is 1. The highest BCUT2D eigenvalue weighted by Gasteiger charge is 2.70. The number of carbonyl (C=O) groups is 5. The highest BCUT2D eigenvalue weighted by molar-refractivity contribution is 6.38. The number of amides is 5. The van der Waals surface area contributed by atoms with Crippen molar-refractivity contribution >= 4 is 35.2 Å². The second-order valence-electron chi connectivity index (χ2n) is 19.3. The number of rotatable bonds is 15. The largest absolute Gasteiger partial charge is 0.369 e. The first-order valence-corrected chi connectivity index (χ1v) is 20.1. The Morgan fingerprint density at radius 1 is 0.945 bits per heavy atom. The smallest absolute Gasteiger partial charge is 0.315 e. The summed E-state index contributed by atoms with van der Waals surface area (Å²) in [5.74, 6) is -2.45. The first kappa shape index (κ1) is 43.7. The third-order valence-corrected chi connectivity index (χ3v) is 12.6. The number of piperidine rings is 1. The minimum absolute atomic E-state index is 0.0613. The first-order chi connectivity index (χ1) is 25.4. The van der Waals surface area contributed by atoms with Gasteiger partial charge >= 0.3 is 6.03 Å². The van der Waals surface area contributed by atoms with E-state index in [4.69, 9.17) is 0 Å². The molecule has 1 heterocycles. The van der Waals surface area contributed by atoms with Crippen LogP contribution < -0.4 is 37.0 Å². The van der Waals surface area contributed by atoms with E-state index in [1.54, 1.807) is 16.8 Å². The minimum Gasteiger partial charge on any atom is -0.369 e. The van der Waals surface area contributed by atoms with Crippen molar-refractivity contribution in [1.82, 2.24) is 26.2 Å². The molecule has 0 bridgehead atoms. The van der Waals surface area contributed by atoms with Crippen molar-refractivity contribution in [2.45, 2.75) is 144 Å². The van der Waals surface area contributed by atoms with Gasteiger partial charge in [-0.1, -0.05) is 101 Å². The van der Waals surface area contributed by atoms with E-state index >= 15 is 0 Å². The zero-order chi connectivity index (χ0) is 41.4. The average Bonchev–Trinajstić information content (AvgIpc) is 3.39. The van der Waals surface area contributed by atoms with E-state index in [2.05, 4.69) is 41.7 Å². The van der Waals surface area contributed by atoms with Crippen LogP contribution in [0.1, 0.15) is 120 Å². The summed E-state index contributed by atoms with van der Waals surface area (Å²) in [6, 6.07) is -3.89. The topological polar surface area (TPSA) is 174 Å². The maximum Gasteiger partial charge on any atom is 0.315 e. The van der Waals surface area contributed by atoms with E-state index in [1.807, 2.05) is 55.4 Å². The van der Waals surface area contributed by atoms with Gasteiger partial charge in [0.15, 0.2) is 0 Å². The molecule has 6 atom stereocenters. The fourth-order valence-corrected chi connectivity index (χ4v) is 9.06. The number of fused-ring (bicyclic) bond motifs is 1. The normalized spacial score (nSPS) is 23.1. The zero-order valence-electron chi connectivity index (χ0n) is 35.1. The van der Waals surface area contributed by atoms with Crippen LogP contribution >= 0.6 is 0 Å². The lowest BCUT2D eigenvalue weighted by Crippen LogP contribution is -2.63. The lowest BCUT2D eigenvalue weighted by molar-refractivity contribution is -0.146. The standard InChI is InChI=1S/C42H66N6O7/c1-13-18-25(31(49)36(53)43-21-14-2)44-35(52)30-27-24(41(27,9)10)22-48(30)37(54)34(42(11)19-16-15-17-20-42)46-38(55)45-26(39(3,4)5)23-47(12)29-28(40(6,7)8)32(50)33(29)51/h14,24-27,30,34H,2,13,15-23H2,1,3-12H3,(H,43,53)(H,44,52)(H2,45,46,55)/t24?,25?,26-,27+,30+,34-/m1/s1. The highest BCUT2D eigenvalue weighted by Crippen LogP contribution is 2.65. The number of urea groups is 1. The van der Waals surface area contributed by atoms with Gasteiger partial charge in [-0.3, -0.25) is 28.8 Å². The molecule has 4 N–H and O–H groups in total. The molecule has 4 rings (SSSR count). The predicted octanol–water partition coefficient (Wildman–Crippen LogP) is 3.71. The van der Waals surface area contributed by atoms with Crippen LogP contribution in [0.5, 0.6) is 0 Å². The summed E-state index contributed by atoms with van der Waals surface area (Å²) in [5.41, 5.74) is -1.97. The molecule has 13 heteroatoms. The summed E-state index contributed by atoms with van der Waals surface area (Å²) < 4.78 is 0. The molecule has 0 radical (unpaired) electrons. The van der Waals surface area contributed by atoms with E-state index in [-0.39, 0.29) is 42.7 Å². The van der Waals surface area contributed by atoms with Crippen LogP contribution in [-0.4, -0.2) is 85.3 Å². The van der Waals surface area contributed by atoms with E-state index in [9.17, 15) is 33.6 Å². The van der Waals surface area contributed by atoms with Crippen LogP contribution in [0.3, 0.4) is 0 Å². The van der Waals surface area contributed by atoms with Gasteiger partial charge < -0.3 is 31.1 Å². The van der Waals surface area contributed by atoms with Crippen LogP contribution in [0.2, 0.25) is 0 Å². The summed E-state index contributed by atoms with van der Waals surface area (Å²) >= 11 is 0. The van der Waals surface area contributed by atoms with Crippen LogP contribution in [0.4, 0.5) is 10.5 Å². The Morgan fingerprint density at radius 3 is 2.11 bits per heavy atom. The van der Waals surface area contributed by atoms with Crippen molar-refractivity contribution < 1.29 is 24.0 Å². The second kappa shape index (κ2) is 16.2. The lowest BCUT2D eigenvalue weighted by atomic mass is 9.70. The van der Waals surface area contributed by atoms with Gasteiger partial charge in [0.25, 0.3) is 5.91 Å². The van der Waals surface area contributed by atoms with E-state index in [0.717, 1.165) is 19.3 Å². The molecular weight excluding hydrogens is 700 g/mol. The molecule has 3 aliphatic rings. The number of Topliss-reactive ketones (excluding diaryl/α,β-unsaturated/α-hetero) is 1. The van der Waals surface area contributed by atoms with E-state index in [0.29, 0.717) is 37.1 Å². The van der Waals surface area contributed by atoms with Crippen LogP contribution in [0.15, 0.2) is 22.2 Å². The molecule has 1 aromatic carbocycles. The molecule has 2 aliphatic carbocycles. The Bertz CT molecular complexity index is 1720. The molecule has 55 heavy (non-hydrogen) atoms. The maximum atomic E-state index is 14.9. The number of likely N-dealkylation sites (tertiary alicyclic amines) is 1. The fourth-order valence-electron chi connectivity index (χ4n) is 9.06. The predicted molar refractivity (Wildman–Crippen MR) is 215 cm³/mol. The molecule has 0 aromatic heterocycles. The Morgan fingerprint density at radius 2 is 1.56 bits per heavy atom. The maximum absolute atomic E-state index is 14.9. The SMILES string of the molecule is C=CCNC(=O)C(=O)C(CCC)NC(=O)[C@@H]1[C@@H]2C(CN1C(=O)[C@@H](NC(=O)N[C@H](CN(C)c1c(C(C)(C)C)c(=O)c1=O)C(C)(C)C)C1(C)CCCCC1)C2(C)C. The van der Waals surface area contributed by atoms with Gasteiger partial charge in [0.2, 0.25) is 28.5 Å². The van der Waals surface area contributed by atoms with Crippen LogP contribution in [0.25, 0.3) is 0 Å². The van der Waals surface area contributed by atoms with E-state index < -0.39 is 74.9 Å². The van der Waals surface area contributed by atoms with Crippen molar-refractivity contribution in [1.29, 1.82) is 0 Å². The van der Waals surface area contributed by atoms with E-state index in [1.165, 1.54) is 6.08 Å². The highest BCUT2D eigenvalue weighted by atomic mass is 16.2. The summed E-state index contributed by atoms with van der Waals surface area (Å²) in [5, 5.41) is 11.5. The van der Waals surface area contributed by atoms with Gasteiger partial charge in [-0.25, -0.2) is 4.79 Å². The van der Waals surface area contributed by atoms with Crippen LogP contribution in [0, 0.1) is 28.1 Å². The third kappa shape index (κ3) is 9.01. The molecule has 306 valence electrons. The van der Waals surface area contributed by atoms with Crippen molar-refractivity contribution in [3.8, 4) is 0 Å². The molecular formula is C42H66N6O7. The Balaban J connectivity index is 1.60. The molecule has 13 nitrogen and oxygen atoms in total. The molecule has 3 fully saturated rings. The Labute approximate surface area is 326 Å². The summed E-state index contributed by atoms with van der Waals surface area (Å²) in [7, 11) is 1.75. The third-order valence-electron chi connectivity index (χ3n) is 12.6. The molecule has 5 amide bonds. The van der Waals surface area contributed by atoms with Crippen LogP contribution in [-0.2, 0) is 24.6 Å². The number of carbonyl (C=O) groups excluding carboxylic acids is 5. The lowest BCUT2D eigenvalue weighted by Gasteiger charge is -2.43. The number of hydrogen-bond donors (Lipinski definition) is 4. The Hall–Kier alpha value is -4.03. The molecule has 1 aliphatic heterocycles. The summed E-state index contributed by atoms with van der Waals surface area (Å²) in [6.45, 7) is 23.9. The first-order valence-electron chi connectivity index (χ1n) is 20.1. The number of nitrogens with zero attached hydrogens (tertiary/aromatic N) is 2. The molecule has 2 unspecified atom stereocenters. The van der Waals surface area contributed by atoms with Crippen molar-refractivity contribution in [3.63, 3.8) is 0 Å². The number of nitrogens with one attached hydrogen (secondary N) is 4. The molecule has 1 saturated heterocycles.